The molecule has 0 aliphatic heterocycles. The number of aliphatic carboxylic acids is 1. The number of benzene rings is 2. The average molecular weight is 355 g/mol. The largest absolute Gasteiger partial charge is 0.508 e. The number of halogens is 2. The van der Waals surface area contributed by atoms with Crippen molar-refractivity contribution < 1.29 is 19.7 Å². The lowest BCUT2D eigenvalue weighted by molar-refractivity contribution is -0.135. The molecule has 3 rings (SSSR count). The summed E-state index contributed by atoms with van der Waals surface area (Å²) in [5.74, 6) is 1.08. The fraction of sp³-hybridized carbons (Fsp3) is 0.235. The Bertz CT molecular complexity index is 727. The Morgan fingerprint density at radius 1 is 1.13 bits per heavy atom. The van der Waals surface area contributed by atoms with Crippen LogP contribution in [0.5, 0.6) is 17.2 Å². The van der Waals surface area contributed by atoms with Gasteiger partial charge in [-0.2, -0.15) is 0 Å². The predicted molar refractivity (Wildman–Crippen MR) is 90.8 cm³/mol. The summed E-state index contributed by atoms with van der Waals surface area (Å²) in [6.45, 7) is 4.10. The molecule has 0 fully saturated rings. The van der Waals surface area contributed by atoms with Crippen molar-refractivity contribution in [3.63, 3.8) is 0 Å². The van der Waals surface area contributed by atoms with E-state index in [1.165, 1.54) is 11.1 Å². The van der Waals surface area contributed by atoms with E-state index in [2.05, 4.69) is 26.0 Å². The van der Waals surface area contributed by atoms with Crippen molar-refractivity contribution in [2.45, 2.75) is 24.6 Å². The Morgan fingerprint density at radius 3 is 2.22 bits per heavy atom. The highest BCUT2D eigenvalue weighted by Gasteiger charge is 2.19. The normalized spacial score (nSPS) is 11.0. The molecular formula is C17H16Cl2O4. The van der Waals surface area contributed by atoms with Crippen LogP contribution in [0.1, 0.15) is 25.3 Å². The number of rotatable bonds is 4. The number of hydrogen-bond donors (Lipinski definition) is 2. The number of carbonyl (C=O) groups is 1. The molecule has 0 unspecified atom stereocenters. The first-order valence-corrected chi connectivity index (χ1v) is 7.83. The van der Waals surface area contributed by atoms with Gasteiger partial charge in [0.15, 0.2) is 0 Å². The number of ether oxygens (including phenoxy) is 1. The predicted octanol–water partition coefficient (Wildman–Crippen LogP) is 5.16. The molecule has 0 spiro atoms. The van der Waals surface area contributed by atoms with E-state index in [0.29, 0.717) is 5.75 Å². The van der Waals surface area contributed by atoms with Gasteiger partial charge in [0.05, 0.1) is 0 Å². The lowest BCUT2D eigenvalue weighted by atomic mass is 10.0. The van der Waals surface area contributed by atoms with E-state index in [4.69, 9.17) is 33.0 Å². The Hall–Kier alpha value is -1.91. The number of phenolic OH excluding ortho intramolecular Hbond substituents is 1. The first-order chi connectivity index (χ1) is 10.8. The Labute approximate surface area is 144 Å². The van der Waals surface area contributed by atoms with E-state index >= 15 is 0 Å². The molecule has 0 amide bonds. The van der Waals surface area contributed by atoms with Crippen molar-refractivity contribution in [1.82, 2.24) is 0 Å². The summed E-state index contributed by atoms with van der Waals surface area (Å²) in [6, 6.07) is 11.5. The van der Waals surface area contributed by atoms with Crippen molar-refractivity contribution in [1.29, 1.82) is 0 Å². The van der Waals surface area contributed by atoms with Crippen molar-refractivity contribution in [2.75, 3.05) is 0 Å². The van der Waals surface area contributed by atoms with Crippen LogP contribution in [0.4, 0.5) is 0 Å². The molecule has 0 radical (unpaired) electrons. The number of fused-ring (bicyclic) bond motifs is 1. The summed E-state index contributed by atoms with van der Waals surface area (Å²) in [4.78, 5) is 8.15. The molecule has 1 aromatic rings. The zero-order valence-electron chi connectivity index (χ0n) is 12.6. The van der Waals surface area contributed by atoms with Crippen LogP contribution in [-0.2, 0) is 4.79 Å². The minimum Gasteiger partial charge on any atom is -0.508 e. The van der Waals surface area contributed by atoms with Gasteiger partial charge >= 0.3 is 5.97 Å². The zero-order chi connectivity index (χ0) is 17.1. The number of alkyl halides is 2. The second-order valence-electron chi connectivity index (χ2n) is 5.33. The summed E-state index contributed by atoms with van der Waals surface area (Å²) in [5, 5.41) is 17.5. The van der Waals surface area contributed by atoms with E-state index in [0.717, 1.165) is 17.1 Å². The lowest BCUT2D eigenvalue weighted by Crippen LogP contribution is -2.03. The van der Waals surface area contributed by atoms with Crippen molar-refractivity contribution in [2.24, 2.45) is 0 Å². The van der Waals surface area contributed by atoms with Crippen molar-refractivity contribution >= 4 is 29.2 Å². The minimum atomic E-state index is -1.29. The van der Waals surface area contributed by atoms with Crippen LogP contribution in [0.3, 0.4) is 0 Å². The number of carboxylic acids is 1. The van der Waals surface area contributed by atoms with Gasteiger partial charge in [0.2, 0.25) is 4.84 Å². The van der Waals surface area contributed by atoms with Crippen LogP contribution in [0.15, 0.2) is 36.4 Å². The molecule has 1 aromatic carbocycles. The lowest BCUT2D eigenvalue weighted by Gasteiger charge is -2.11. The summed E-state index contributed by atoms with van der Waals surface area (Å²) in [6.07, 6.45) is 0. The first-order valence-electron chi connectivity index (χ1n) is 6.95. The monoisotopic (exact) mass is 354 g/mol. The minimum absolute atomic E-state index is 0.282. The third-order valence-corrected chi connectivity index (χ3v) is 3.62. The van der Waals surface area contributed by atoms with Crippen molar-refractivity contribution in [3.8, 4) is 28.4 Å². The highest BCUT2D eigenvalue weighted by atomic mass is 35.5. The number of aromatic hydroxyl groups is 1. The van der Waals surface area contributed by atoms with Crippen LogP contribution < -0.4 is 4.74 Å². The van der Waals surface area contributed by atoms with Crippen molar-refractivity contribution in [3.05, 3.63) is 42.0 Å². The van der Waals surface area contributed by atoms with Crippen LogP contribution in [0.2, 0.25) is 0 Å². The summed E-state index contributed by atoms with van der Waals surface area (Å²) in [7, 11) is 0. The van der Waals surface area contributed by atoms with Crippen LogP contribution >= 0.6 is 23.2 Å². The molecule has 23 heavy (non-hydrogen) atoms. The molecule has 0 atom stereocenters. The van der Waals surface area contributed by atoms with Gasteiger partial charge < -0.3 is 14.9 Å². The SMILES string of the molecule is CC(C)c1cc(Oc2ccc3cc2-3)ccc1O.O=C(O)C(Cl)Cl. The molecule has 0 aromatic heterocycles. The van der Waals surface area contributed by atoms with E-state index in [1.807, 2.05) is 12.1 Å². The maximum atomic E-state index is 9.73. The van der Waals surface area contributed by atoms with Crippen LogP contribution in [-0.4, -0.2) is 21.0 Å². The average Bonchev–Trinajstić information content (AvgIpc) is 3.16. The molecule has 0 saturated carbocycles. The van der Waals surface area contributed by atoms with E-state index in [9.17, 15) is 9.90 Å². The molecule has 122 valence electrons. The first kappa shape index (κ1) is 17.4. The van der Waals surface area contributed by atoms with Gasteiger partial charge in [0, 0.05) is 11.1 Å². The molecule has 0 bridgehead atoms. The molecule has 2 aliphatic carbocycles. The molecule has 6 heteroatoms. The molecular weight excluding hydrogens is 339 g/mol. The van der Waals surface area contributed by atoms with Gasteiger partial charge in [-0.15, -0.1) is 0 Å². The number of carboxylic acid groups (broad SMARTS) is 1. The number of phenols is 1. The highest BCUT2D eigenvalue weighted by Crippen LogP contribution is 2.45. The topological polar surface area (TPSA) is 66.8 Å². The highest BCUT2D eigenvalue weighted by molar-refractivity contribution is 6.52. The standard InChI is InChI=1S/C15H14O2.C2H2Cl2O2/c1-9(2)12-8-11(4-5-14(12)16)17-15-6-3-10-7-13(10)15;3-1(4)2(5)6/h3-9,16H,1-2H3;1H,(H,5,6). The number of hydrogen-bond acceptors (Lipinski definition) is 3. The Kier molecular flexibility index (Phi) is 5.39. The van der Waals surface area contributed by atoms with Gasteiger partial charge in [-0.1, -0.05) is 43.1 Å². The third-order valence-electron chi connectivity index (χ3n) is 3.24. The fourth-order valence-electron chi connectivity index (χ4n) is 2.00. The molecule has 2 N–H and O–H groups in total. The Morgan fingerprint density at radius 2 is 1.78 bits per heavy atom. The Balaban J connectivity index is 0.000000277. The van der Waals surface area contributed by atoms with Gasteiger partial charge in [0.1, 0.15) is 17.2 Å². The van der Waals surface area contributed by atoms with E-state index in [-0.39, 0.29) is 5.92 Å². The summed E-state index contributed by atoms with van der Waals surface area (Å²) >= 11 is 9.56. The fourth-order valence-corrected chi connectivity index (χ4v) is 2.00. The quantitative estimate of drug-likeness (QED) is 0.634. The van der Waals surface area contributed by atoms with E-state index < -0.39 is 10.8 Å². The summed E-state index contributed by atoms with van der Waals surface area (Å²) < 4.78 is 5.80. The second-order valence-corrected chi connectivity index (χ2v) is 6.42. The third kappa shape index (κ3) is 4.53. The molecule has 2 aliphatic rings. The molecule has 0 heterocycles. The van der Waals surface area contributed by atoms with E-state index in [1.54, 1.807) is 12.1 Å². The maximum Gasteiger partial charge on any atom is 0.337 e. The molecule has 0 saturated heterocycles. The van der Waals surface area contributed by atoms with Gasteiger partial charge in [-0.3, -0.25) is 0 Å². The smallest absolute Gasteiger partial charge is 0.337 e. The van der Waals surface area contributed by atoms with Gasteiger partial charge in [-0.05, 0) is 41.8 Å². The van der Waals surface area contributed by atoms with Crippen LogP contribution in [0.25, 0.3) is 11.1 Å². The maximum absolute atomic E-state index is 9.73. The van der Waals surface area contributed by atoms with Gasteiger partial charge in [0.25, 0.3) is 0 Å². The molecule has 4 nitrogen and oxygen atoms in total. The summed E-state index contributed by atoms with van der Waals surface area (Å²) in [5.41, 5.74) is 3.38. The van der Waals surface area contributed by atoms with Gasteiger partial charge in [-0.25, -0.2) is 4.79 Å². The second kappa shape index (κ2) is 7.11. The van der Waals surface area contributed by atoms with Crippen LogP contribution in [0, 0.1) is 0 Å². The zero-order valence-corrected chi connectivity index (χ0v) is 14.1.